The summed E-state index contributed by atoms with van der Waals surface area (Å²) < 4.78 is 9.31. The second-order valence-electron chi connectivity index (χ2n) is 3.45. The first-order valence-corrected chi connectivity index (χ1v) is 6.17. The summed E-state index contributed by atoms with van der Waals surface area (Å²) in [4.78, 5) is 9.89. The van der Waals surface area contributed by atoms with Crippen LogP contribution in [0.4, 0.5) is 0 Å². The van der Waals surface area contributed by atoms with Gasteiger partial charge in [0, 0.05) is 5.39 Å². The molecule has 2 heterocycles. The third-order valence-corrected chi connectivity index (χ3v) is 3.03. The molecule has 3 aromatic rings. The second-order valence-corrected chi connectivity index (χ2v) is 4.37. The summed E-state index contributed by atoms with van der Waals surface area (Å²) in [5.41, 5.74) is 0.987. The summed E-state index contributed by atoms with van der Waals surface area (Å²) in [6.45, 7) is 0. The standard InChI is InChI=1S/C9H6BrNO3.C3H3NO/c10-7(9(12)13)8-5-3-1-2-4-6(5)14-11-8;1-2-4-5-3-1/h1-4,7H,(H,12,13);1-3H. The third kappa shape index (κ3) is 3.19. The minimum atomic E-state index is -0.982. The quantitative estimate of drug-likeness (QED) is 0.729. The number of aromatic nitrogens is 2. The van der Waals surface area contributed by atoms with Crippen molar-refractivity contribution in [1.29, 1.82) is 0 Å². The predicted octanol–water partition coefficient (Wildman–Crippen LogP) is 3.02. The Balaban J connectivity index is 0.000000224. The van der Waals surface area contributed by atoms with Crippen LogP contribution in [0.5, 0.6) is 0 Å². The Labute approximate surface area is 116 Å². The molecule has 0 amide bonds. The van der Waals surface area contributed by atoms with E-state index in [0.717, 1.165) is 5.39 Å². The fraction of sp³-hybridized carbons (Fsp3) is 0.0833. The number of nitrogens with zero attached hydrogens (tertiary/aromatic N) is 2. The van der Waals surface area contributed by atoms with Crippen molar-refractivity contribution in [2.75, 3.05) is 0 Å². The first-order chi connectivity index (χ1) is 9.20. The van der Waals surface area contributed by atoms with E-state index in [1.165, 1.54) is 6.26 Å². The van der Waals surface area contributed by atoms with Crippen LogP contribution in [0.25, 0.3) is 11.0 Å². The highest BCUT2D eigenvalue weighted by Crippen LogP contribution is 2.28. The average Bonchev–Trinajstić information content (AvgIpc) is 3.10. The van der Waals surface area contributed by atoms with E-state index in [4.69, 9.17) is 9.63 Å². The van der Waals surface area contributed by atoms with Crippen LogP contribution in [-0.4, -0.2) is 21.4 Å². The van der Waals surface area contributed by atoms with Crippen molar-refractivity contribution in [3.8, 4) is 0 Å². The van der Waals surface area contributed by atoms with Gasteiger partial charge in [-0.15, -0.1) is 0 Å². The van der Waals surface area contributed by atoms with Gasteiger partial charge in [-0.2, -0.15) is 0 Å². The molecule has 0 fully saturated rings. The van der Waals surface area contributed by atoms with Gasteiger partial charge in [0.15, 0.2) is 10.4 Å². The van der Waals surface area contributed by atoms with Crippen LogP contribution in [-0.2, 0) is 4.79 Å². The van der Waals surface area contributed by atoms with Crippen LogP contribution in [0.15, 0.2) is 51.8 Å². The molecule has 19 heavy (non-hydrogen) atoms. The molecule has 2 aromatic heterocycles. The van der Waals surface area contributed by atoms with E-state index < -0.39 is 10.8 Å². The molecular weight excluding hydrogens is 316 g/mol. The van der Waals surface area contributed by atoms with Crippen molar-refractivity contribution in [1.82, 2.24) is 10.3 Å². The number of hydrogen-bond acceptors (Lipinski definition) is 5. The van der Waals surface area contributed by atoms with Gasteiger partial charge in [0.1, 0.15) is 12.0 Å². The lowest BCUT2D eigenvalue weighted by atomic mass is 10.2. The highest BCUT2D eigenvalue weighted by molar-refractivity contribution is 9.09. The zero-order chi connectivity index (χ0) is 13.7. The number of para-hydroxylation sites is 1. The number of fused-ring (bicyclic) bond motifs is 1. The van der Waals surface area contributed by atoms with Gasteiger partial charge in [0.2, 0.25) is 0 Å². The first kappa shape index (κ1) is 13.3. The molecule has 1 atom stereocenters. The largest absolute Gasteiger partial charge is 0.480 e. The van der Waals surface area contributed by atoms with Gasteiger partial charge in [-0.25, -0.2) is 0 Å². The summed E-state index contributed by atoms with van der Waals surface area (Å²) >= 11 is 3.03. The Bertz CT molecular complexity index is 633. The number of alkyl halides is 1. The predicted molar refractivity (Wildman–Crippen MR) is 69.8 cm³/mol. The molecule has 6 nitrogen and oxygen atoms in total. The maximum Gasteiger partial charge on any atom is 0.323 e. The normalized spacial score (nSPS) is 11.6. The van der Waals surface area contributed by atoms with Gasteiger partial charge in [-0.05, 0) is 18.2 Å². The number of carbonyl (C=O) groups is 1. The molecule has 7 heteroatoms. The van der Waals surface area contributed by atoms with E-state index in [1.807, 2.05) is 6.07 Å². The van der Waals surface area contributed by atoms with Crippen molar-refractivity contribution in [3.05, 3.63) is 48.5 Å². The highest BCUT2D eigenvalue weighted by atomic mass is 79.9. The molecule has 0 saturated carbocycles. The Morgan fingerprint density at radius 2 is 2.11 bits per heavy atom. The number of aliphatic carboxylic acids is 1. The molecule has 0 aliphatic heterocycles. The van der Waals surface area contributed by atoms with E-state index in [9.17, 15) is 4.79 Å². The van der Waals surface area contributed by atoms with E-state index in [-0.39, 0.29) is 0 Å². The lowest BCUT2D eigenvalue weighted by molar-refractivity contribution is -0.136. The van der Waals surface area contributed by atoms with E-state index >= 15 is 0 Å². The summed E-state index contributed by atoms with van der Waals surface area (Å²) in [6, 6.07) is 8.86. The minimum absolute atomic E-state index is 0.396. The molecule has 0 bridgehead atoms. The third-order valence-electron chi connectivity index (χ3n) is 2.21. The molecule has 3 rings (SSSR count). The fourth-order valence-corrected chi connectivity index (χ4v) is 1.71. The van der Waals surface area contributed by atoms with Crippen molar-refractivity contribution >= 4 is 32.9 Å². The molecule has 1 N–H and O–H groups in total. The Morgan fingerprint density at radius 3 is 2.68 bits per heavy atom. The van der Waals surface area contributed by atoms with Crippen LogP contribution in [0.2, 0.25) is 0 Å². The summed E-state index contributed by atoms with van der Waals surface area (Å²) in [5, 5.41) is 16.6. The number of hydrogen-bond donors (Lipinski definition) is 1. The van der Waals surface area contributed by atoms with Gasteiger partial charge in [-0.1, -0.05) is 38.4 Å². The molecule has 1 unspecified atom stereocenters. The zero-order valence-electron chi connectivity index (χ0n) is 9.56. The second kappa shape index (κ2) is 6.14. The molecular formula is C12H9BrN2O4. The number of carboxylic acids is 1. The summed E-state index contributed by atoms with van der Waals surface area (Å²) in [6.07, 6.45) is 3.10. The maximum atomic E-state index is 10.7. The van der Waals surface area contributed by atoms with Crippen molar-refractivity contribution in [2.24, 2.45) is 0 Å². The van der Waals surface area contributed by atoms with Crippen molar-refractivity contribution < 1.29 is 18.9 Å². The monoisotopic (exact) mass is 324 g/mol. The van der Waals surface area contributed by atoms with Gasteiger partial charge in [-0.3, -0.25) is 4.79 Å². The number of halogens is 1. The fourth-order valence-electron chi connectivity index (χ4n) is 1.38. The SMILES string of the molecule is O=C(O)C(Br)c1noc2ccccc12.c1cnoc1. The van der Waals surface area contributed by atoms with Gasteiger partial charge >= 0.3 is 5.97 Å². The average molecular weight is 325 g/mol. The Morgan fingerprint density at radius 1 is 1.32 bits per heavy atom. The molecule has 98 valence electrons. The highest BCUT2D eigenvalue weighted by Gasteiger charge is 2.22. The van der Waals surface area contributed by atoms with Crippen LogP contribution < -0.4 is 0 Å². The number of carboxylic acid groups (broad SMARTS) is 1. The van der Waals surface area contributed by atoms with E-state index in [1.54, 1.807) is 30.5 Å². The van der Waals surface area contributed by atoms with Gasteiger partial charge < -0.3 is 14.2 Å². The lowest BCUT2D eigenvalue weighted by Crippen LogP contribution is -2.04. The molecule has 0 radical (unpaired) electrons. The van der Waals surface area contributed by atoms with E-state index in [0.29, 0.717) is 11.3 Å². The zero-order valence-corrected chi connectivity index (χ0v) is 11.1. The van der Waals surface area contributed by atoms with Crippen LogP contribution in [0.3, 0.4) is 0 Å². The smallest absolute Gasteiger partial charge is 0.323 e. The first-order valence-electron chi connectivity index (χ1n) is 5.25. The van der Waals surface area contributed by atoms with Gasteiger partial charge in [0.25, 0.3) is 0 Å². The molecule has 1 aromatic carbocycles. The molecule has 0 saturated heterocycles. The Hall–Kier alpha value is -2.15. The number of benzene rings is 1. The number of rotatable bonds is 2. The van der Waals surface area contributed by atoms with Crippen LogP contribution >= 0.6 is 15.9 Å². The molecule has 0 spiro atoms. The topological polar surface area (TPSA) is 89.4 Å². The summed E-state index contributed by atoms with van der Waals surface area (Å²) in [5.74, 6) is -0.982. The Kier molecular flexibility index (Phi) is 4.30. The summed E-state index contributed by atoms with van der Waals surface area (Å²) in [7, 11) is 0. The lowest BCUT2D eigenvalue weighted by Gasteiger charge is -1.98. The van der Waals surface area contributed by atoms with Crippen molar-refractivity contribution in [2.45, 2.75) is 4.83 Å². The van der Waals surface area contributed by atoms with Crippen LogP contribution in [0.1, 0.15) is 10.5 Å². The van der Waals surface area contributed by atoms with E-state index in [2.05, 4.69) is 30.8 Å². The van der Waals surface area contributed by atoms with Crippen LogP contribution in [0, 0.1) is 0 Å². The minimum Gasteiger partial charge on any atom is -0.480 e. The molecule has 0 aliphatic rings. The maximum absolute atomic E-state index is 10.7. The molecule has 0 aliphatic carbocycles. The van der Waals surface area contributed by atoms with Crippen molar-refractivity contribution in [3.63, 3.8) is 0 Å². The van der Waals surface area contributed by atoms with Gasteiger partial charge in [0.05, 0.1) is 6.20 Å².